The Labute approximate surface area is 206 Å². The number of hydrogen-bond donors (Lipinski definition) is 3. The number of amides is 2. The number of anilines is 1. The van der Waals surface area contributed by atoms with Crippen LogP contribution in [0.15, 0.2) is 60.7 Å². The van der Waals surface area contributed by atoms with Gasteiger partial charge in [-0.3, -0.25) is 9.59 Å². The molecule has 3 N–H and O–H groups in total. The van der Waals surface area contributed by atoms with Crippen molar-refractivity contribution >= 4 is 17.5 Å². The molecule has 3 aromatic rings. The summed E-state index contributed by atoms with van der Waals surface area (Å²) in [5.41, 5.74) is 4.35. The summed E-state index contributed by atoms with van der Waals surface area (Å²) in [6, 6.07) is 17.9. The first kappa shape index (κ1) is 24.3. The average Bonchev–Trinajstić information content (AvgIpc) is 3.67. The van der Waals surface area contributed by atoms with E-state index in [1.54, 1.807) is 11.0 Å². The van der Waals surface area contributed by atoms with Gasteiger partial charge in [-0.15, -0.1) is 0 Å². The maximum absolute atomic E-state index is 13.2. The fourth-order valence-corrected chi connectivity index (χ4v) is 4.36. The minimum atomic E-state index is -0.692. The SMILES string of the molecule is CCCCN(C)C(=O)c1ccc(-c2cc(NC(=O)C3(c4ccc(O)c(O)c4)CC3)ccc2C)cc1. The summed E-state index contributed by atoms with van der Waals surface area (Å²) < 4.78 is 0. The first-order valence-corrected chi connectivity index (χ1v) is 12.1. The minimum Gasteiger partial charge on any atom is -0.504 e. The van der Waals surface area contributed by atoms with Gasteiger partial charge in [-0.2, -0.15) is 0 Å². The van der Waals surface area contributed by atoms with E-state index in [2.05, 4.69) is 12.2 Å². The number of nitrogens with zero attached hydrogens (tertiary/aromatic N) is 1. The Bertz CT molecular complexity index is 1250. The lowest BCUT2D eigenvalue weighted by molar-refractivity contribution is -0.118. The van der Waals surface area contributed by atoms with Crippen LogP contribution in [0.5, 0.6) is 11.5 Å². The second-order valence-corrected chi connectivity index (χ2v) is 9.43. The van der Waals surface area contributed by atoms with Crippen LogP contribution in [0.3, 0.4) is 0 Å². The van der Waals surface area contributed by atoms with Crippen molar-refractivity contribution in [2.45, 2.75) is 44.9 Å². The molecule has 2 amide bonds. The molecule has 0 bridgehead atoms. The maximum Gasteiger partial charge on any atom is 0.253 e. The molecule has 6 heteroatoms. The molecule has 3 aromatic carbocycles. The van der Waals surface area contributed by atoms with E-state index in [4.69, 9.17) is 0 Å². The quantitative estimate of drug-likeness (QED) is 0.372. The van der Waals surface area contributed by atoms with Crippen molar-refractivity contribution in [3.63, 3.8) is 0 Å². The number of rotatable bonds is 8. The first-order valence-electron chi connectivity index (χ1n) is 12.1. The van der Waals surface area contributed by atoms with Crippen LogP contribution in [0.4, 0.5) is 5.69 Å². The Morgan fingerprint density at radius 3 is 2.31 bits per heavy atom. The highest BCUT2D eigenvalue weighted by Gasteiger charge is 2.51. The number of carbonyl (C=O) groups excluding carboxylic acids is 2. The third kappa shape index (κ3) is 5.02. The zero-order chi connectivity index (χ0) is 25.2. The normalized spacial score (nSPS) is 13.8. The van der Waals surface area contributed by atoms with Gasteiger partial charge in [0.15, 0.2) is 11.5 Å². The van der Waals surface area contributed by atoms with E-state index >= 15 is 0 Å². The molecule has 0 heterocycles. The predicted octanol–water partition coefficient (Wildman–Crippen LogP) is 5.62. The number of carbonyl (C=O) groups is 2. The van der Waals surface area contributed by atoms with Crippen molar-refractivity contribution in [2.75, 3.05) is 18.9 Å². The van der Waals surface area contributed by atoms with Gasteiger partial charge < -0.3 is 20.4 Å². The highest BCUT2D eigenvalue weighted by Crippen LogP contribution is 2.50. The summed E-state index contributed by atoms with van der Waals surface area (Å²) in [6.07, 6.45) is 3.39. The van der Waals surface area contributed by atoms with Crippen molar-refractivity contribution in [1.82, 2.24) is 4.90 Å². The van der Waals surface area contributed by atoms with Crippen molar-refractivity contribution in [3.8, 4) is 22.6 Å². The van der Waals surface area contributed by atoms with Gasteiger partial charge in [-0.1, -0.05) is 37.6 Å². The molecular formula is C29H32N2O4. The van der Waals surface area contributed by atoms with Crippen molar-refractivity contribution in [1.29, 1.82) is 0 Å². The van der Waals surface area contributed by atoms with Crippen molar-refractivity contribution in [3.05, 3.63) is 77.4 Å². The standard InChI is InChI=1S/C29H32N2O4/c1-4-5-16-31(3)27(34)21-9-7-20(8-10-21)24-18-23(12-6-19(24)2)30-28(35)29(14-15-29)22-11-13-25(32)26(33)17-22/h6-13,17-18,32-33H,4-5,14-16H2,1-3H3,(H,30,35). The van der Waals surface area contributed by atoms with Crippen LogP contribution >= 0.6 is 0 Å². The van der Waals surface area contributed by atoms with Gasteiger partial charge in [0.1, 0.15) is 0 Å². The second-order valence-electron chi connectivity index (χ2n) is 9.43. The Morgan fingerprint density at radius 1 is 0.971 bits per heavy atom. The maximum atomic E-state index is 13.2. The van der Waals surface area contributed by atoms with Gasteiger partial charge in [0.05, 0.1) is 5.41 Å². The number of unbranched alkanes of at least 4 members (excludes halogenated alkanes) is 1. The number of benzene rings is 3. The van der Waals surface area contributed by atoms with Gasteiger partial charge in [0.2, 0.25) is 5.91 Å². The summed E-state index contributed by atoms with van der Waals surface area (Å²) in [6.45, 7) is 4.86. The summed E-state index contributed by atoms with van der Waals surface area (Å²) in [4.78, 5) is 27.6. The molecule has 0 radical (unpaired) electrons. The lowest BCUT2D eigenvalue weighted by Crippen LogP contribution is -2.27. The van der Waals surface area contributed by atoms with E-state index in [0.29, 0.717) is 29.7 Å². The first-order chi connectivity index (χ1) is 16.7. The molecule has 4 rings (SSSR count). The molecule has 0 saturated heterocycles. The highest BCUT2D eigenvalue weighted by atomic mass is 16.3. The zero-order valence-corrected chi connectivity index (χ0v) is 20.5. The second kappa shape index (κ2) is 9.82. The zero-order valence-electron chi connectivity index (χ0n) is 20.5. The van der Waals surface area contributed by atoms with Crippen LogP contribution in [-0.2, 0) is 10.2 Å². The largest absolute Gasteiger partial charge is 0.504 e. The Morgan fingerprint density at radius 2 is 1.69 bits per heavy atom. The molecule has 182 valence electrons. The van der Waals surface area contributed by atoms with Crippen LogP contribution in [0, 0.1) is 6.92 Å². The molecular weight excluding hydrogens is 440 g/mol. The molecule has 1 fully saturated rings. The lowest BCUT2D eigenvalue weighted by atomic mass is 9.94. The highest BCUT2D eigenvalue weighted by molar-refractivity contribution is 6.02. The topological polar surface area (TPSA) is 89.9 Å². The number of nitrogens with one attached hydrogen (secondary N) is 1. The van der Waals surface area contributed by atoms with Gasteiger partial charge in [-0.05, 0) is 84.8 Å². The Kier molecular flexibility index (Phi) is 6.83. The molecule has 1 aliphatic rings. The molecule has 0 atom stereocenters. The van der Waals surface area contributed by atoms with E-state index in [-0.39, 0.29) is 23.3 Å². The average molecular weight is 473 g/mol. The summed E-state index contributed by atoms with van der Waals surface area (Å²) >= 11 is 0. The molecule has 0 unspecified atom stereocenters. The molecule has 6 nitrogen and oxygen atoms in total. The fraction of sp³-hybridized carbons (Fsp3) is 0.310. The van der Waals surface area contributed by atoms with Gasteiger partial charge in [-0.25, -0.2) is 0 Å². The van der Waals surface area contributed by atoms with Crippen LogP contribution in [0.25, 0.3) is 11.1 Å². The van der Waals surface area contributed by atoms with Gasteiger partial charge in [0, 0.05) is 24.8 Å². The van der Waals surface area contributed by atoms with E-state index in [0.717, 1.165) is 36.1 Å². The number of hydrogen-bond acceptors (Lipinski definition) is 4. The summed E-state index contributed by atoms with van der Waals surface area (Å²) in [5.74, 6) is -0.544. The van der Waals surface area contributed by atoms with E-state index < -0.39 is 5.41 Å². The van der Waals surface area contributed by atoms with Crippen LogP contribution < -0.4 is 5.32 Å². The molecule has 35 heavy (non-hydrogen) atoms. The smallest absolute Gasteiger partial charge is 0.253 e. The molecule has 0 aliphatic heterocycles. The summed E-state index contributed by atoms with van der Waals surface area (Å²) in [7, 11) is 1.83. The van der Waals surface area contributed by atoms with Gasteiger partial charge >= 0.3 is 0 Å². The summed E-state index contributed by atoms with van der Waals surface area (Å²) in [5, 5.41) is 22.5. The van der Waals surface area contributed by atoms with Crippen LogP contribution in [-0.4, -0.2) is 40.5 Å². The number of phenolic OH excluding ortho intramolecular Hbond substituents is 2. The minimum absolute atomic E-state index is 0.0118. The molecule has 0 spiro atoms. The van der Waals surface area contributed by atoms with E-state index in [9.17, 15) is 19.8 Å². The van der Waals surface area contributed by atoms with E-state index in [1.165, 1.54) is 12.1 Å². The third-order valence-electron chi connectivity index (χ3n) is 6.84. The molecule has 1 saturated carbocycles. The monoisotopic (exact) mass is 472 g/mol. The van der Waals surface area contributed by atoms with Crippen LogP contribution in [0.1, 0.15) is 54.1 Å². The third-order valence-corrected chi connectivity index (χ3v) is 6.84. The number of aryl methyl sites for hydroxylation is 1. The fourth-order valence-electron chi connectivity index (χ4n) is 4.36. The molecule has 1 aliphatic carbocycles. The number of phenols is 2. The van der Waals surface area contributed by atoms with Crippen molar-refractivity contribution < 1.29 is 19.8 Å². The van der Waals surface area contributed by atoms with Crippen LogP contribution in [0.2, 0.25) is 0 Å². The molecule has 0 aromatic heterocycles. The van der Waals surface area contributed by atoms with Gasteiger partial charge in [0.25, 0.3) is 5.91 Å². The predicted molar refractivity (Wildman–Crippen MR) is 138 cm³/mol. The van der Waals surface area contributed by atoms with Crippen molar-refractivity contribution in [2.24, 2.45) is 0 Å². The van der Waals surface area contributed by atoms with E-state index in [1.807, 2.05) is 56.4 Å². The number of aromatic hydroxyl groups is 2. The lowest BCUT2D eigenvalue weighted by Gasteiger charge is -2.18. The Hall–Kier alpha value is -3.80. The Balaban J connectivity index is 1.52.